The SMILES string of the molecule is Cc1ccccc1C1(C(C)CCCC(C)C)N=NNC1(CN)C(C)CCCC(C)C. The van der Waals surface area contributed by atoms with Crippen molar-refractivity contribution in [2.24, 2.45) is 39.7 Å². The molecule has 0 bridgehead atoms. The van der Waals surface area contributed by atoms with Crippen molar-refractivity contribution in [1.82, 2.24) is 5.43 Å². The second kappa shape index (κ2) is 10.7. The monoisotopic (exact) mass is 414 g/mol. The van der Waals surface area contributed by atoms with E-state index in [-0.39, 0.29) is 5.54 Å². The van der Waals surface area contributed by atoms with Gasteiger partial charge in [0.2, 0.25) is 0 Å². The molecule has 30 heavy (non-hydrogen) atoms. The van der Waals surface area contributed by atoms with Gasteiger partial charge in [-0.2, -0.15) is 5.11 Å². The average molecular weight is 415 g/mol. The maximum atomic E-state index is 6.60. The summed E-state index contributed by atoms with van der Waals surface area (Å²) < 4.78 is 0. The van der Waals surface area contributed by atoms with E-state index in [1.807, 2.05) is 0 Å². The Morgan fingerprint density at radius 3 is 1.97 bits per heavy atom. The molecule has 0 saturated heterocycles. The van der Waals surface area contributed by atoms with Crippen LogP contribution in [0.3, 0.4) is 0 Å². The smallest absolute Gasteiger partial charge is 0.137 e. The molecule has 170 valence electrons. The number of aryl methyl sites for hydroxylation is 1. The highest BCUT2D eigenvalue weighted by Crippen LogP contribution is 2.52. The van der Waals surface area contributed by atoms with E-state index in [4.69, 9.17) is 10.8 Å². The molecule has 0 fully saturated rings. The van der Waals surface area contributed by atoms with E-state index in [9.17, 15) is 0 Å². The molecule has 0 radical (unpaired) electrons. The Bertz CT molecular complexity index is 683. The number of hydrogen-bond donors (Lipinski definition) is 2. The van der Waals surface area contributed by atoms with Crippen LogP contribution in [0, 0.1) is 30.6 Å². The lowest BCUT2D eigenvalue weighted by atomic mass is 9.59. The van der Waals surface area contributed by atoms with E-state index >= 15 is 0 Å². The van der Waals surface area contributed by atoms with Gasteiger partial charge in [0.25, 0.3) is 0 Å². The van der Waals surface area contributed by atoms with Crippen LogP contribution >= 0.6 is 0 Å². The minimum atomic E-state index is -0.429. The van der Waals surface area contributed by atoms with Crippen molar-refractivity contribution in [2.45, 2.75) is 98.1 Å². The summed E-state index contributed by atoms with van der Waals surface area (Å²) in [5.41, 5.74) is 11.9. The van der Waals surface area contributed by atoms with Gasteiger partial charge in [0, 0.05) is 6.54 Å². The topological polar surface area (TPSA) is 62.8 Å². The molecule has 4 unspecified atom stereocenters. The summed E-state index contributed by atoms with van der Waals surface area (Å²) in [6.45, 7) is 16.7. The number of benzene rings is 1. The normalized spacial score (nSPS) is 25.7. The van der Waals surface area contributed by atoms with Crippen LogP contribution in [0.15, 0.2) is 34.6 Å². The lowest BCUT2D eigenvalue weighted by Crippen LogP contribution is -2.65. The molecule has 4 nitrogen and oxygen atoms in total. The van der Waals surface area contributed by atoms with Gasteiger partial charge in [0.15, 0.2) is 0 Å². The number of nitrogens with zero attached hydrogens (tertiary/aromatic N) is 2. The molecule has 1 aliphatic heterocycles. The zero-order chi connectivity index (χ0) is 22.4. The standard InChI is InChI=1S/C26H46N4/c1-19(2)12-10-15-22(6)25(18-27)26(29-30-28-25,23(7)16-11-13-20(3)4)24-17-9-8-14-21(24)5/h8-9,14,17,19-20,22-23H,10-13,15-16,18,27H2,1-7H3,(H,28,29). The molecule has 0 saturated carbocycles. The van der Waals surface area contributed by atoms with Crippen molar-refractivity contribution < 1.29 is 0 Å². The molecular weight excluding hydrogens is 368 g/mol. The quantitative estimate of drug-likeness (QED) is 0.396. The largest absolute Gasteiger partial charge is 0.328 e. The third kappa shape index (κ3) is 4.90. The lowest BCUT2D eigenvalue weighted by molar-refractivity contribution is 0.0849. The first-order valence-electron chi connectivity index (χ1n) is 12.2. The predicted molar refractivity (Wildman–Crippen MR) is 128 cm³/mol. The molecule has 3 N–H and O–H groups in total. The molecule has 0 aromatic heterocycles. The fourth-order valence-electron chi connectivity index (χ4n) is 5.47. The molecule has 4 heteroatoms. The summed E-state index contributed by atoms with van der Waals surface area (Å²) in [6.07, 6.45) is 7.20. The molecule has 1 aromatic carbocycles. The van der Waals surface area contributed by atoms with Crippen LogP contribution in [0.1, 0.15) is 91.2 Å². The van der Waals surface area contributed by atoms with Gasteiger partial charge in [-0.3, -0.25) is 5.43 Å². The van der Waals surface area contributed by atoms with Gasteiger partial charge in [-0.05, 0) is 54.6 Å². The van der Waals surface area contributed by atoms with Gasteiger partial charge >= 0.3 is 0 Å². The van der Waals surface area contributed by atoms with Gasteiger partial charge in [-0.25, -0.2) is 0 Å². The average Bonchev–Trinajstić information content (AvgIpc) is 3.09. The van der Waals surface area contributed by atoms with Crippen LogP contribution in [0.25, 0.3) is 0 Å². The van der Waals surface area contributed by atoms with E-state index in [1.54, 1.807) is 0 Å². The Kier molecular flexibility index (Phi) is 8.90. The van der Waals surface area contributed by atoms with Crippen molar-refractivity contribution in [3.05, 3.63) is 35.4 Å². The Balaban J connectivity index is 2.46. The van der Waals surface area contributed by atoms with Crippen LogP contribution in [-0.2, 0) is 5.54 Å². The van der Waals surface area contributed by atoms with Crippen LogP contribution in [0.5, 0.6) is 0 Å². The summed E-state index contributed by atoms with van der Waals surface area (Å²) in [5, 5.41) is 9.52. The van der Waals surface area contributed by atoms with Crippen molar-refractivity contribution in [2.75, 3.05) is 6.54 Å². The van der Waals surface area contributed by atoms with Crippen molar-refractivity contribution in [3.63, 3.8) is 0 Å². The third-order valence-corrected chi connectivity index (χ3v) is 7.41. The first kappa shape index (κ1) is 24.8. The zero-order valence-corrected chi connectivity index (χ0v) is 20.5. The second-order valence-corrected chi connectivity index (χ2v) is 10.5. The van der Waals surface area contributed by atoms with Crippen molar-refractivity contribution in [1.29, 1.82) is 0 Å². The highest BCUT2D eigenvalue weighted by molar-refractivity contribution is 5.39. The van der Waals surface area contributed by atoms with Crippen molar-refractivity contribution >= 4 is 0 Å². The number of nitrogens with two attached hydrogens (primary N) is 1. The van der Waals surface area contributed by atoms with Crippen molar-refractivity contribution in [3.8, 4) is 0 Å². The van der Waals surface area contributed by atoms with E-state index in [0.29, 0.717) is 18.4 Å². The van der Waals surface area contributed by atoms with Crippen LogP contribution in [-0.4, -0.2) is 12.1 Å². The maximum absolute atomic E-state index is 6.60. The Hall–Kier alpha value is -1.42. The molecule has 1 aromatic rings. The summed E-state index contributed by atoms with van der Waals surface area (Å²) >= 11 is 0. The van der Waals surface area contributed by atoms with E-state index in [1.165, 1.54) is 36.8 Å². The van der Waals surface area contributed by atoms with Crippen LogP contribution in [0.2, 0.25) is 0 Å². The predicted octanol–water partition coefficient (Wildman–Crippen LogP) is 6.78. The summed E-state index contributed by atoms with van der Waals surface area (Å²) in [4.78, 5) is 0. The summed E-state index contributed by atoms with van der Waals surface area (Å²) in [7, 11) is 0. The van der Waals surface area contributed by atoms with Gasteiger partial charge in [-0.15, -0.1) is 0 Å². The fourth-order valence-corrected chi connectivity index (χ4v) is 5.47. The molecule has 4 atom stereocenters. The molecular formula is C26H46N4. The third-order valence-electron chi connectivity index (χ3n) is 7.41. The van der Waals surface area contributed by atoms with Gasteiger partial charge in [0.05, 0.1) is 0 Å². The van der Waals surface area contributed by atoms with E-state index in [0.717, 1.165) is 24.7 Å². The number of rotatable bonds is 12. The van der Waals surface area contributed by atoms with Gasteiger partial charge in [-0.1, -0.05) is 96.7 Å². The van der Waals surface area contributed by atoms with E-state index in [2.05, 4.69) is 83.4 Å². The Labute approximate surface area is 185 Å². The molecule has 0 aliphatic carbocycles. The maximum Gasteiger partial charge on any atom is 0.137 e. The molecule has 0 amide bonds. The first-order valence-corrected chi connectivity index (χ1v) is 12.2. The molecule has 2 rings (SSSR count). The molecule has 0 spiro atoms. The minimum Gasteiger partial charge on any atom is -0.328 e. The first-order chi connectivity index (χ1) is 14.2. The minimum absolute atomic E-state index is 0.354. The highest BCUT2D eigenvalue weighted by atomic mass is 15.5. The Morgan fingerprint density at radius 1 is 0.867 bits per heavy atom. The number of hydrogen-bond acceptors (Lipinski definition) is 4. The summed E-state index contributed by atoms with van der Waals surface area (Å²) in [6, 6.07) is 8.72. The van der Waals surface area contributed by atoms with Gasteiger partial charge < -0.3 is 5.73 Å². The molecule has 1 aliphatic rings. The van der Waals surface area contributed by atoms with E-state index < -0.39 is 5.54 Å². The Morgan fingerprint density at radius 2 is 1.43 bits per heavy atom. The number of nitrogens with one attached hydrogen (secondary N) is 1. The van der Waals surface area contributed by atoms with Crippen LogP contribution in [0.4, 0.5) is 0 Å². The lowest BCUT2D eigenvalue weighted by Gasteiger charge is -2.49. The highest BCUT2D eigenvalue weighted by Gasteiger charge is 2.61. The summed E-state index contributed by atoms with van der Waals surface area (Å²) in [5.74, 6) is 2.19. The second-order valence-electron chi connectivity index (χ2n) is 10.5. The van der Waals surface area contributed by atoms with Gasteiger partial charge in [0.1, 0.15) is 11.1 Å². The molecule has 1 heterocycles. The van der Waals surface area contributed by atoms with Crippen LogP contribution < -0.4 is 11.2 Å². The fraction of sp³-hybridized carbons (Fsp3) is 0.769. The zero-order valence-electron chi connectivity index (χ0n) is 20.5.